The molecule has 2 aromatic heterocycles. The maximum atomic E-state index is 12.5. The molecule has 2 aromatic carbocycles. The number of nitro groups is 1. The molecule has 12 heteroatoms. The van der Waals surface area contributed by atoms with Gasteiger partial charge in [0.1, 0.15) is 10.8 Å². The maximum Gasteiger partial charge on any atom is 0.310 e. The lowest BCUT2D eigenvalue weighted by Crippen LogP contribution is -2.20. The van der Waals surface area contributed by atoms with Gasteiger partial charge in [0.25, 0.3) is 5.91 Å². The smallest absolute Gasteiger partial charge is 0.310 e. The third kappa shape index (κ3) is 4.21. The molecule has 0 bridgehead atoms. The van der Waals surface area contributed by atoms with E-state index in [0.717, 1.165) is 11.4 Å². The van der Waals surface area contributed by atoms with Crippen LogP contribution in [-0.2, 0) is 11.2 Å². The van der Waals surface area contributed by atoms with Crippen LogP contribution in [0.3, 0.4) is 0 Å². The minimum atomic E-state index is -0.565. The van der Waals surface area contributed by atoms with Crippen molar-refractivity contribution in [2.75, 3.05) is 19.0 Å². The average Bonchev–Trinajstić information content (AvgIpc) is 3.38. The normalized spacial score (nSPS) is 10.8. The predicted molar refractivity (Wildman–Crippen MR) is 117 cm³/mol. The summed E-state index contributed by atoms with van der Waals surface area (Å²) in [4.78, 5) is 23.7. The lowest BCUT2D eigenvalue weighted by molar-refractivity contribution is -0.385. The standard InChI is InChI=1S/C20H18N6O5S/c1-3-17-22-23-20-25(17)24-19(32-20)12-8-9-15(30-2)13(10-12)21-18(27)11-31-16-7-5-4-6-14(16)26(28)29/h4-10H,3,11H2,1-2H3,(H,21,27). The molecule has 4 aromatic rings. The maximum absolute atomic E-state index is 12.5. The van der Waals surface area contributed by atoms with E-state index in [9.17, 15) is 14.9 Å². The van der Waals surface area contributed by atoms with Crippen LogP contribution in [0.1, 0.15) is 12.7 Å². The SMILES string of the molecule is CCc1nnc2sc(-c3ccc(OC)c(NC(=O)COc4ccccc4[N+](=O)[O-])c3)nn12. The fourth-order valence-electron chi connectivity index (χ4n) is 2.99. The number of fused-ring (bicyclic) bond motifs is 1. The second kappa shape index (κ2) is 8.98. The molecule has 0 aliphatic heterocycles. The minimum Gasteiger partial charge on any atom is -0.495 e. The van der Waals surface area contributed by atoms with Gasteiger partial charge in [0.05, 0.1) is 17.7 Å². The Kier molecular flexibility index (Phi) is 5.94. The molecule has 2 heterocycles. The molecule has 0 unspecified atom stereocenters. The van der Waals surface area contributed by atoms with Crippen molar-refractivity contribution in [1.82, 2.24) is 19.8 Å². The van der Waals surface area contributed by atoms with E-state index in [0.29, 0.717) is 27.8 Å². The van der Waals surface area contributed by atoms with Gasteiger partial charge in [-0.05, 0) is 24.3 Å². The Morgan fingerprint density at radius 1 is 1.22 bits per heavy atom. The Bertz CT molecular complexity index is 1300. The van der Waals surface area contributed by atoms with Crippen LogP contribution in [-0.4, -0.2) is 44.4 Å². The number of aryl methyl sites for hydroxylation is 1. The second-order valence-corrected chi connectivity index (χ2v) is 7.50. The van der Waals surface area contributed by atoms with Crippen molar-refractivity contribution in [3.8, 4) is 22.1 Å². The highest BCUT2D eigenvalue weighted by atomic mass is 32.1. The first-order chi connectivity index (χ1) is 15.5. The molecular weight excluding hydrogens is 436 g/mol. The summed E-state index contributed by atoms with van der Waals surface area (Å²) in [7, 11) is 1.49. The van der Waals surface area contributed by atoms with E-state index in [1.807, 2.05) is 13.0 Å². The van der Waals surface area contributed by atoms with Gasteiger partial charge in [0.2, 0.25) is 4.96 Å². The summed E-state index contributed by atoms with van der Waals surface area (Å²) in [5.41, 5.74) is 0.968. The first kappa shape index (κ1) is 21.2. The highest BCUT2D eigenvalue weighted by Crippen LogP contribution is 2.33. The van der Waals surface area contributed by atoms with Crippen LogP contribution in [0.4, 0.5) is 11.4 Å². The summed E-state index contributed by atoms with van der Waals surface area (Å²) < 4.78 is 12.4. The molecule has 0 saturated carbocycles. The number of methoxy groups -OCH3 is 1. The van der Waals surface area contributed by atoms with Crippen LogP contribution >= 0.6 is 11.3 Å². The van der Waals surface area contributed by atoms with Crippen LogP contribution in [0.5, 0.6) is 11.5 Å². The van der Waals surface area contributed by atoms with Crippen molar-refractivity contribution < 1.29 is 19.2 Å². The number of para-hydroxylation sites is 2. The number of hydrogen-bond donors (Lipinski definition) is 1. The van der Waals surface area contributed by atoms with Gasteiger partial charge in [-0.25, -0.2) is 0 Å². The van der Waals surface area contributed by atoms with Crippen molar-refractivity contribution in [2.24, 2.45) is 0 Å². The molecule has 32 heavy (non-hydrogen) atoms. The summed E-state index contributed by atoms with van der Waals surface area (Å²) in [6.45, 7) is 1.57. The summed E-state index contributed by atoms with van der Waals surface area (Å²) in [5.74, 6) is 0.728. The molecule has 1 N–H and O–H groups in total. The fraction of sp³-hybridized carbons (Fsp3) is 0.200. The molecule has 0 radical (unpaired) electrons. The van der Waals surface area contributed by atoms with E-state index in [4.69, 9.17) is 9.47 Å². The number of benzene rings is 2. The molecule has 11 nitrogen and oxygen atoms in total. The molecule has 0 atom stereocenters. The predicted octanol–water partition coefficient (Wildman–Crippen LogP) is 3.35. The van der Waals surface area contributed by atoms with E-state index < -0.39 is 17.4 Å². The molecule has 0 aliphatic carbocycles. The number of anilines is 1. The lowest BCUT2D eigenvalue weighted by Gasteiger charge is -2.12. The lowest BCUT2D eigenvalue weighted by atomic mass is 10.2. The Morgan fingerprint density at radius 2 is 2.03 bits per heavy atom. The van der Waals surface area contributed by atoms with Crippen LogP contribution in [0.25, 0.3) is 15.5 Å². The molecule has 4 rings (SSSR count). The highest BCUT2D eigenvalue weighted by Gasteiger charge is 2.17. The topological polar surface area (TPSA) is 134 Å². The van der Waals surface area contributed by atoms with Crippen molar-refractivity contribution in [1.29, 1.82) is 0 Å². The number of nitrogens with one attached hydrogen (secondary N) is 1. The Hall–Kier alpha value is -4.06. The average molecular weight is 454 g/mol. The van der Waals surface area contributed by atoms with Gasteiger partial charge in [-0.1, -0.05) is 30.4 Å². The van der Waals surface area contributed by atoms with Crippen molar-refractivity contribution in [3.05, 3.63) is 58.4 Å². The van der Waals surface area contributed by atoms with E-state index >= 15 is 0 Å². The van der Waals surface area contributed by atoms with E-state index in [-0.39, 0.29) is 11.4 Å². The van der Waals surface area contributed by atoms with Crippen molar-refractivity contribution in [3.63, 3.8) is 0 Å². The van der Waals surface area contributed by atoms with Crippen molar-refractivity contribution in [2.45, 2.75) is 13.3 Å². The monoisotopic (exact) mass is 454 g/mol. The molecule has 0 aliphatic rings. The number of carbonyl (C=O) groups is 1. The zero-order valence-corrected chi connectivity index (χ0v) is 18.0. The molecular formula is C20H18N6O5S. The molecule has 0 fully saturated rings. The summed E-state index contributed by atoms with van der Waals surface area (Å²) in [5, 5.41) is 27.3. The Labute approximate surface area is 185 Å². The van der Waals surface area contributed by atoms with E-state index in [1.165, 1.54) is 36.6 Å². The van der Waals surface area contributed by atoms with Gasteiger partial charge in [-0.2, -0.15) is 9.61 Å². The number of rotatable bonds is 8. The number of ether oxygens (including phenoxy) is 2. The van der Waals surface area contributed by atoms with Gasteiger partial charge in [-0.3, -0.25) is 14.9 Å². The van der Waals surface area contributed by atoms with Crippen LogP contribution in [0.15, 0.2) is 42.5 Å². The number of nitro benzene ring substituents is 1. The zero-order valence-electron chi connectivity index (χ0n) is 17.1. The summed E-state index contributed by atoms with van der Waals surface area (Å²) >= 11 is 1.38. The third-order valence-electron chi connectivity index (χ3n) is 4.51. The molecule has 0 spiro atoms. The second-order valence-electron chi connectivity index (χ2n) is 6.55. The number of nitrogens with zero attached hydrogens (tertiary/aromatic N) is 5. The van der Waals surface area contributed by atoms with Gasteiger partial charge >= 0.3 is 5.69 Å². The number of amides is 1. The first-order valence-corrected chi connectivity index (χ1v) is 10.4. The fourth-order valence-corrected chi connectivity index (χ4v) is 3.85. The van der Waals surface area contributed by atoms with Gasteiger partial charge in [0.15, 0.2) is 18.2 Å². The molecule has 164 valence electrons. The van der Waals surface area contributed by atoms with Crippen LogP contribution in [0.2, 0.25) is 0 Å². The highest BCUT2D eigenvalue weighted by molar-refractivity contribution is 7.19. The Morgan fingerprint density at radius 3 is 2.78 bits per heavy atom. The van der Waals surface area contributed by atoms with Gasteiger partial charge in [-0.15, -0.1) is 10.2 Å². The molecule has 1 amide bonds. The number of aromatic nitrogens is 4. The minimum absolute atomic E-state index is 0.0137. The van der Waals surface area contributed by atoms with Crippen molar-refractivity contribution >= 4 is 33.6 Å². The summed E-state index contributed by atoms with van der Waals surface area (Å²) in [6, 6.07) is 11.1. The van der Waals surface area contributed by atoms with Gasteiger partial charge < -0.3 is 14.8 Å². The summed E-state index contributed by atoms with van der Waals surface area (Å²) in [6.07, 6.45) is 0.702. The van der Waals surface area contributed by atoms with E-state index in [1.54, 1.807) is 22.7 Å². The van der Waals surface area contributed by atoms with Crippen LogP contribution in [0, 0.1) is 10.1 Å². The Balaban J connectivity index is 1.53. The third-order valence-corrected chi connectivity index (χ3v) is 5.46. The van der Waals surface area contributed by atoms with Gasteiger partial charge in [0, 0.05) is 18.1 Å². The molecule has 0 saturated heterocycles. The zero-order chi connectivity index (χ0) is 22.7. The first-order valence-electron chi connectivity index (χ1n) is 9.55. The number of carbonyl (C=O) groups excluding carboxylic acids is 1. The largest absolute Gasteiger partial charge is 0.495 e. The number of hydrogen-bond acceptors (Lipinski definition) is 9. The van der Waals surface area contributed by atoms with Crippen LogP contribution < -0.4 is 14.8 Å². The quantitative estimate of drug-likeness (QED) is 0.316. The van der Waals surface area contributed by atoms with E-state index in [2.05, 4.69) is 20.6 Å².